The van der Waals surface area contributed by atoms with Crippen LogP contribution in [0.4, 0.5) is 0 Å². The zero-order valence-electron chi connectivity index (χ0n) is 9.91. The molecule has 2 rings (SSSR count). The molecule has 0 aliphatic rings. The van der Waals surface area contributed by atoms with Crippen LogP contribution in [-0.2, 0) is 10.0 Å². The van der Waals surface area contributed by atoms with Crippen molar-refractivity contribution in [2.75, 3.05) is 0 Å². The number of ketones is 1. The van der Waals surface area contributed by atoms with E-state index in [1.807, 2.05) is 0 Å². The molecule has 0 saturated heterocycles. The number of Topliss-reactive ketones (excluding diaryl/α,β-unsaturated/α-hetero) is 1. The van der Waals surface area contributed by atoms with Crippen LogP contribution in [0.1, 0.15) is 23.7 Å². The van der Waals surface area contributed by atoms with Crippen LogP contribution < -0.4 is 0 Å². The summed E-state index contributed by atoms with van der Waals surface area (Å²) in [5, 5.41) is 0. The summed E-state index contributed by atoms with van der Waals surface area (Å²) in [6.07, 6.45) is 3.11. The molecule has 0 amide bonds. The summed E-state index contributed by atoms with van der Waals surface area (Å²) in [6.45, 7) is 1.74. The van der Waals surface area contributed by atoms with Crippen molar-refractivity contribution in [2.24, 2.45) is 0 Å². The lowest BCUT2D eigenvalue weighted by Crippen LogP contribution is -2.10. The Kier molecular flexibility index (Phi) is 3.34. The maximum Gasteiger partial charge on any atom is 0.267 e. The van der Waals surface area contributed by atoms with E-state index >= 15 is 0 Å². The first kappa shape index (κ1) is 12.6. The first-order chi connectivity index (χ1) is 8.55. The summed E-state index contributed by atoms with van der Waals surface area (Å²) in [4.78, 5) is 11.7. The average Bonchev–Trinajstić information content (AvgIpc) is 2.89. The molecular formula is C13H13NO3S. The van der Waals surface area contributed by atoms with Crippen LogP contribution in [-0.4, -0.2) is 18.2 Å². The second-order valence-electron chi connectivity index (χ2n) is 3.82. The SMILES string of the molecule is CCC(=O)c1ccn(S(=O)(=O)c2ccccc2)c1. The number of aromatic nitrogens is 1. The molecule has 0 atom stereocenters. The third-order valence-corrected chi connectivity index (χ3v) is 4.28. The Morgan fingerprint density at radius 1 is 1.17 bits per heavy atom. The molecule has 0 saturated carbocycles. The highest BCUT2D eigenvalue weighted by Crippen LogP contribution is 2.15. The topological polar surface area (TPSA) is 56.1 Å². The number of hydrogen-bond acceptors (Lipinski definition) is 3. The monoisotopic (exact) mass is 263 g/mol. The number of rotatable bonds is 4. The van der Waals surface area contributed by atoms with Crippen molar-refractivity contribution in [3.8, 4) is 0 Å². The second kappa shape index (κ2) is 4.78. The van der Waals surface area contributed by atoms with Gasteiger partial charge in [0.2, 0.25) is 0 Å². The Labute approximate surface area is 106 Å². The highest BCUT2D eigenvalue weighted by Gasteiger charge is 2.17. The molecule has 0 N–H and O–H groups in total. The van der Waals surface area contributed by atoms with Gasteiger partial charge in [-0.05, 0) is 18.2 Å². The average molecular weight is 263 g/mol. The molecule has 1 heterocycles. The Hall–Kier alpha value is -1.88. The van der Waals surface area contributed by atoms with Gasteiger partial charge in [0.15, 0.2) is 5.78 Å². The molecule has 0 spiro atoms. The van der Waals surface area contributed by atoms with Gasteiger partial charge in [0, 0.05) is 24.4 Å². The lowest BCUT2D eigenvalue weighted by molar-refractivity contribution is 0.0988. The van der Waals surface area contributed by atoms with Gasteiger partial charge >= 0.3 is 0 Å². The van der Waals surface area contributed by atoms with Gasteiger partial charge in [-0.2, -0.15) is 0 Å². The summed E-state index contributed by atoms with van der Waals surface area (Å²) in [7, 11) is -3.60. The van der Waals surface area contributed by atoms with E-state index in [2.05, 4.69) is 0 Å². The van der Waals surface area contributed by atoms with Crippen molar-refractivity contribution in [3.05, 3.63) is 54.4 Å². The lowest BCUT2D eigenvalue weighted by Gasteiger charge is -2.04. The first-order valence-electron chi connectivity index (χ1n) is 5.57. The Morgan fingerprint density at radius 3 is 2.44 bits per heavy atom. The van der Waals surface area contributed by atoms with Gasteiger partial charge in [-0.1, -0.05) is 25.1 Å². The van der Waals surface area contributed by atoms with Crippen LogP contribution in [0.5, 0.6) is 0 Å². The van der Waals surface area contributed by atoms with E-state index in [4.69, 9.17) is 0 Å². The third-order valence-electron chi connectivity index (χ3n) is 2.63. The van der Waals surface area contributed by atoms with Gasteiger partial charge in [0.1, 0.15) is 0 Å². The normalized spacial score (nSPS) is 11.4. The van der Waals surface area contributed by atoms with Gasteiger partial charge in [-0.15, -0.1) is 0 Å². The van der Waals surface area contributed by atoms with E-state index < -0.39 is 10.0 Å². The van der Waals surface area contributed by atoms with Crippen molar-refractivity contribution < 1.29 is 13.2 Å². The maximum absolute atomic E-state index is 12.2. The summed E-state index contributed by atoms with van der Waals surface area (Å²) in [5.74, 6) is -0.0722. The maximum atomic E-state index is 12.2. The number of carbonyl (C=O) groups is 1. The highest BCUT2D eigenvalue weighted by molar-refractivity contribution is 7.90. The molecule has 0 aliphatic heterocycles. The summed E-state index contributed by atoms with van der Waals surface area (Å²) in [5.41, 5.74) is 0.414. The second-order valence-corrected chi connectivity index (χ2v) is 5.67. The predicted octanol–water partition coefficient (Wildman–Crippen LogP) is 2.32. The largest absolute Gasteiger partial charge is 0.294 e. The molecule has 18 heavy (non-hydrogen) atoms. The van der Waals surface area contributed by atoms with Crippen LogP contribution in [0.3, 0.4) is 0 Å². The van der Waals surface area contributed by atoms with E-state index in [9.17, 15) is 13.2 Å². The molecule has 4 nitrogen and oxygen atoms in total. The quantitative estimate of drug-likeness (QED) is 0.795. The Balaban J connectivity index is 2.43. The molecule has 5 heteroatoms. The molecule has 2 aromatic rings. The molecule has 0 radical (unpaired) electrons. The smallest absolute Gasteiger partial charge is 0.267 e. The van der Waals surface area contributed by atoms with Crippen molar-refractivity contribution in [3.63, 3.8) is 0 Å². The zero-order valence-corrected chi connectivity index (χ0v) is 10.7. The van der Waals surface area contributed by atoms with Crippen LogP contribution in [0, 0.1) is 0 Å². The summed E-state index contributed by atoms with van der Waals surface area (Å²) < 4.78 is 25.5. The van der Waals surface area contributed by atoms with Gasteiger partial charge in [0.25, 0.3) is 10.0 Å². The third kappa shape index (κ3) is 2.22. The standard InChI is InChI=1S/C13H13NO3S/c1-2-13(15)11-8-9-14(10-11)18(16,17)12-6-4-3-5-7-12/h3-10H,2H2,1H3. The Morgan fingerprint density at radius 2 is 1.83 bits per heavy atom. The lowest BCUT2D eigenvalue weighted by atomic mass is 10.2. The molecule has 0 aliphatic carbocycles. The molecule has 1 aromatic carbocycles. The number of carbonyl (C=O) groups excluding carboxylic acids is 1. The molecule has 0 unspecified atom stereocenters. The van der Waals surface area contributed by atoms with Crippen molar-refractivity contribution in [1.29, 1.82) is 0 Å². The molecule has 94 valence electrons. The first-order valence-corrected chi connectivity index (χ1v) is 7.01. The van der Waals surface area contributed by atoms with Gasteiger partial charge in [-0.3, -0.25) is 4.79 Å². The van der Waals surface area contributed by atoms with Crippen molar-refractivity contribution >= 4 is 15.8 Å². The Bertz CT molecular complexity index is 657. The number of nitrogens with zero attached hydrogens (tertiary/aromatic N) is 1. The van der Waals surface area contributed by atoms with Crippen LogP contribution in [0.15, 0.2) is 53.7 Å². The van der Waals surface area contributed by atoms with Crippen LogP contribution >= 0.6 is 0 Å². The van der Waals surface area contributed by atoms with Crippen LogP contribution in [0.2, 0.25) is 0 Å². The van der Waals surface area contributed by atoms with E-state index in [-0.39, 0.29) is 10.7 Å². The van der Waals surface area contributed by atoms with Crippen molar-refractivity contribution in [2.45, 2.75) is 18.2 Å². The van der Waals surface area contributed by atoms with E-state index in [1.165, 1.54) is 30.6 Å². The summed E-state index contributed by atoms with van der Waals surface area (Å²) >= 11 is 0. The number of benzene rings is 1. The minimum absolute atomic E-state index is 0.0722. The molecular weight excluding hydrogens is 250 g/mol. The zero-order chi connectivity index (χ0) is 13.2. The van der Waals surface area contributed by atoms with Gasteiger partial charge in [-0.25, -0.2) is 12.4 Å². The van der Waals surface area contributed by atoms with Gasteiger partial charge < -0.3 is 0 Å². The predicted molar refractivity (Wildman–Crippen MR) is 68.1 cm³/mol. The van der Waals surface area contributed by atoms with Crippen molar-refractivity contribution in [1.82, 2.24) is 3.97 Å². The minimum Gasteiger partial charge on any atom is -0.294 e. The fraction of sp³-hybridized carbons (Fsp3) is 0.154. The van der Waals surface area contributed by atoms with E-state index in [0.29, 0.717) is 12.0 Å². The number of hydrogen-bond donors (Lipinski definition) is 0. The van der Waals surface area contributed by atoms with Gasteiger partial charge in [0.05, 0.1) is 4.90 Å². The van der Waals surface area contributed by atoms with E-state index in [0.717, 1.165) is 3.97 Å². The van der Waals surface area contributed by atoms with Crippen LogP contribution in [0.25, 0.3) is 0 Å². The summed E-state index contributed by atoms with van der Waals surface area (Å²) in [6, 6.07) is 9.64. The minimum atomic E-state index is -3.60. The highest BCUT2D eigenvalue weighted by atomic mass is 32.2. The molecule has 1 aromatic heterocycles. The fourth-order valence-electron chi connectivity index (χ4n) is 1.61. The molecule has 0 bridgehead atoms. The fourth-order valence-corrected chi connectivity index (χ4v) is 2.83. The van der Waals surface area contributed by atoms with E-state index in [1.54, 1.807) is 25.1 Å². The molecule has 0 fully saturated rings.